The molecule has 0 bridgehead atoms. The monoisotopic (exact) mass is 221 g/mol. The second-order valence-electron chi connectivity index (χ2n) is 3.41. The van der Waals surface area contributed by atoms with Crippen LogP contribution in [0.3, 0.4) is 0 Å². The van der Waals surface area contributed by atoms with Crippen LogP contribution in [-0.4, -0.2) is 22.4 Å². The third-order valence-corrected chi connectivity index (χ3v) is 2.00. The molecular formula is C10H15N5O. The fourth-order valence-electron chi connectivity index (χ4n) is 1.19. The lowest BCUT2D eigenvalue weighted by molar-refractivity contribution is 0.252. The number of hydrogen-bond donors (Lipinski definition) is 2. The van der Waals surface area contributed by atoms with Crippen molar-refractivity contribution in [1.29, 1.82) is 5.26 Å². The molecule has 0 radical (unpaired) electrons. The number of rotatable bonds is 4. The Hall–Kier alpha value is -2.03. The average Bonchev–Trinajstić information content (AvgIpc) is 2.59. The molecule has 1 heterocycles. The molecule has 1 aromatic heterocycles. The first-order valence-corrected chi connectivity index (χ1v) is 5.16. The molecule has 2 N–H and O–H groups in total. The minimum Gasteiger partial charge on any atom is -0.338 e. The van der Waals surface area contributed by atoms with Gasteiger partial charge < -0.3 is 5.32 Å². The minimum absolute atomic E-state index is 0.291. The molecule has 6 nitrogen and oxygen atoms in total. The Labute approximate surface area is 94.2 Å². The zero-order chi connectivity index (χ0) is 12.0. The van der Waals surface area contributed by atoms with Gasteiger partial charge in [-0.2, -0.15) is 10.4 Å². The zero-order valence-electron chi connectivity index (χ0n) is 9.45. The smallest absolute Gasteiger partial charge is 0.320 e. The van der Waals surface area contributed by atoms with Crippen molar-refractivity contribution in [3.8, 4) is 6.07 Å². The molecule has 0 aliphatic carbocycles. The molecule has 1 aromatic rings. The number of nitrogens with zero attached hydrogens (tertiary/aromatic N) is 3. The van der Waals surface area contributed by atoms with Gasteiger partial charge in [0.25, 0.3) is 0 Å². The number of aromatic nitrogens is 2. The molecule has 0 spiro atoms. The highest BCUT2D eigenvalue weighted by atomic mass is 16.2. The molecule has 86 valence electrons. The van der Waals surface area contributed by atoms with Gasteiger partial charge in [0, 0.05) is 19.8 Å². The topological polar surface area (TPSA) is 82.7 Å². The fourth-order valence-corrected chi connectivity index (χ4v) is 1.19. The van der Waals surface area contributed by atoms with E-state index in [0.29, 0.717) is 17.9 Å². The molecule has 0 saturated heterocycles. The molecule has 1 rings (SSSR count). The number of hydrogen-bond acceptors (Lipinski definition) is 3. The molecule has 0 aromatic carbocycles. The molecule has 0 saturated carbocycles. The van der Waals surface area contributed by atoms with Crippen LogP contribution in [0.1, 0.15) is 25.3 Å². The van der Waals surface area contributed by atoms with Crippen molar-refractivity contribution in [3.63, 3.8) is 0 Å². The molecule has 16 heavy (non-hydrogen) atoms. The molecule has 2 amide bonds. The van der Waals surface area contributed by atoms with Crippen LogP contribution in [-0.2, 0) is 7.05 Å². The lowest BCUT2D eigenvalue weighted by Gasteiger charge is -2.04. The van der Waals surface area contributed by atoms with Crippen LogP contribution in [0.15, 0.2) is 6.20 Å². The Kier molecular flexibility index (Phi) is 4.33. The normalized spacial score (nSPS) is 9.56. The summed E-state index contributed by atoms with van der Waals surface area (Å²) in [7, 11) is 1.70. The number of anilines is 1. The predicted octanol–water partition coefficient (Wildman–Crippen LogP) is 1.21. The van der Waals surface area contributed by atoms with E-state index in [4.69, 9.17) is 5.26 Å². The van der Waals surface area contributed by atoms with Crippen LogP contribution in [0, 0.1) is 11.3 Å². The van der Waals surface area contributed by atoms with Gasteiger partial charge in [-0.05, 0) is 6.42 Å². The van der Waals surface area contributed by atoms with Gasteiger partial charge in [-0.1, -0.05) is 13.3 Å². The molecule has 0 unspecified atom stereocenters. The summed E-state index contributed by atoms with van der Waals surface area (Å²) >= 11 is 0. The van der Waals surface area contributed by atoms with Crippen LogP contribution < -0.4 is 10.6 Å². The van der Waals surface area contributed by atoms with E-state index in [2.05, 4.69) is 15.7 Å². The van der Waals surface area contributed by atoms with Crippen molar-refractivity contribution < 1.29 is 4.79 Å². The van der Waals surface area contributed by atoms with Crippen LogP contribution >= 0.6 is 0 Å². The average molecular weight is 221 g/mol. The number of aryl methyl sites for hydroxylation is 1. The van der Waals surface area contributed by atoms with E-state index in [9.17, 15) is 4.79 Å². The molecule has 0 fully saturated rings. The molecule has 6 heteroatoms. The Bertz CT molecular complexity index is 404. The first-order valence-electron chi connectivity index (χ1n) is 5.16. The Morgan fingerprint density at radius 1 is 1.69 bits per heavy atom. The lowest BCUT2D eigenvalue weighted by Crippen LogP contribution is -2.29. The van der Waals surface area contributed by atoms with Gasteiger partial charge in [0.15, 0.2) is 5.82 Å². The van der Waals surface area contributed by atoms with Crippen molar-refractivity contribution in [1.82, 2.24) is 15.1 Å². The Morgan fingerprint density at radius 3 is 3.06 bits per heavy atom. The summed E-state index contributed by atoms with van der Waals surface area (Å²) in [6, 6.07) is 1.63. The fraction of sp³-hybridized carbons (Fsp3) is 0.500. The maximum absolute atomic E-state index is 11.4. The van der Waals surface area contributed by atoms with Crippen molar-refractivity contribution >= 4 is 11.8 Å². The van der Waals surface area contributed by atoms with Gasteiger partial charge in [0.05, 0.1) is 0 Å². The summed E-state index contributed by atoms with van der Waals surface area (Å²) in [5.41, 5.74) is 0.355. The largest absolute Gasteiger partial charge is 0.338 e. The number of carbonyl (C=O) groups is 1. The lowest BCUT2D eigenvalue weighted by atomic mass is 10.3. The number of nitrogens with one attached hydrogen (secondary N) is 2. The zero-order valence-corrected chi connectivity index (χ0v) is 9.45. The maximum atomic E-state index is 11.4. The number of urea groups is 1. The molecule has 0 atom stereocenters. The van der Waals surface area contributed by atoms with E-state index in [1.165, 1.54) is 4.68 Å². The second kappa shape index (κ2) is 5.75. The van der Waals surface area contributed by atoms with Crippen LogP contribution in [0.4, 0.5) is 10.6 Å². The van der Waals surface area contributed by atoms with Gasteiger partial charge in [-0.3, -0.25) is 10.00 Å². The number of amides is 2. The van der Waals surface area contributed by atoms with E-state index in [1.54, 1.807) is 13.2 Å². The molecular weight excluding hydrogens is 206 g/mol. The summed E-state index contributed by atoms with van der Waals surface area (Å²) in [4.78, 5) is 11.4. The van der Waals surface area contributed by atoms with Crippen molar-refractivity contribution in [3.05, 3.63) is 11.8 Å². The van der Waals surface area contributed by atoms with Crippen LogP contribution in [0.25, 0.3) is 0 Å². The summed E-state index contributed by atoms with van der Waals surface area (Å²) in [6.07, 6.45) is 3.51. The predicted molar refractivity (Wildman–Crippen MR) is 59.9 cm³/mol. The highest BCUT2D eigenvalue weighted by molar-refractivity contribution is 5.89. The van der Waals surface area contributed by atoms with E-state index >= 15 is 0 Å². The number of nitriles is 1. The summed E-state index contributed by atoms with van der Waals surface area (Å²) in [6.45, 7) is 2.67. The second-order valence-corrected chi connectivity index (χ2v) is 3.41. The van der Waals surface area contributed by atoms with Gasteiger partial charge >= 0.3 is 6.03 Å². The molecule has 0 aliphatic heterocycles. The summed E-state index contributed by atoms with van der Waals surface area (Å²) in [5, 5.41) is 18.0. The standard InChI is InChI=1S/C10H15N5O/c1-3-4-5-12-10(16)13-9-8(6-11)7-15(2)14-9/h7H,3-5H2,1-2H3,(H2,12,13,14,16). The molecule has 0 aliphatic rings. The first kappa shape index (κ1) is 12.0. The maximum Gasteiger partial charge on any atom is 0.320 e. The third-order valence-electron chi connectivity index (χ3n) is 2.00. The SMILES string of the molecule is CCCCNC(=O)Nc1nn(C)cc1C#N. The van der Waals surface area contributed by atoms with E-state index < -0.39 is 0 Å². The van der Waals surface area contributed by atoms with Gasteiger partial charge in [-0.15, -0.1) is 0 Å². The summed E-state index contributed by atoms with van der Waals surface area (Å²) < 4.78 is 1.49. The van der Waals surface area contributed by atoms with E-state index in [-0.39, 0.29) is 6.03 Å². The Morgan fingerprint density at radius 2 is 2.44 bits per heavy atom. The highest BCUT2D eigenvalue weighted by Crippen LogP contribution is 2.10. The third kappa shape index (κ3) is 3.28. The van der Waals surface area contributed by atoms with E-state index in [0.717, 1.165) is 12.8 Å². The first-order chi connectivity index (χ1) is 7.67. The minimum atomic E-state index is -0.330. The van der Waals surface area contributed by atoms with Crippen molar-refractivity contribution in [2.75, 3.05) is 11.9 Å². The highest BCUT2D eigenvalue weighted by Gasteiger charge is 2.09. The van der Waals surface area contributed by atoms with Gasteiger partial charge in [0.1, 0.15) is 11.6 Å². The quantitative estimate of drug-likeness (QED) is 0.750. The van der Waals surface area contributed by atoms with Gasteiger partial charge in [-0.25, -0.2) is 4.79 Å². The van der Waals surface area contributed by atoms with Crippen molar-refractivity contribution in [2.24, 2.45) is 7.05 Å². The number of unbranched alkanes of at least 4 members (excludes halogenated alkanes) is 1. The Balaban J connectivity index is 2.53. The number of carbonyl (C=O) groups excluding carboxylic acids is 1. The van der Waals surface area contributed by atoms with E-state index in [1.807, 2.05) is 13.0 Å². The van der Waals surface area contributed by atoms with Crippen molar-refractivity contribution in [2.45, 2.75) is 19.8 Å². The van der Waals surface area contributed by atoms with Gasteiger partial charge in [0.2, 0.25) is 0 Å². The van der Waals surface area contributed by atoms with Crippen LogP contribution in [0.2, 0.25) is 0 Å². The van der Waals surface area contributed by atoms with Crippen LogP contribution in [0.5, 0.6) is 0 Å². The summed E-state index contributed by atoms with van der Waals surface area (Å²) in [5.74, 6) is 0.291.